The van der Waals surface area contributed by atoms with E-state index >= 15 is 0 Å². The van der Waals surface area contributed by atoms with Crippen LogP contribution in [-0.2, 0) is 6.42 Å². The van der Waals surface area contributed by atoms with Gasteiger partial charge in [0.15, 0.2) is 0 Å². The number of allylic oxidation sites excluding steroid dienone is 1. The van der Waals surface area contributed by atoms with Gasteiger partial charge in [-0.3, -0.25) is 0 Å². The highest BCUT2D eigenvalue weighted by molar-refractivity contribution is 5.27. The van der Waals surface area contributed by atoms with Crippen molar-refractivity contribution < 1.29 is 0 Å². The Labute approximate surface area is 98.8 Å². The highest BCUT2D eigenvalue weighted by Crippen LogP contribution is 2.19. The Bertz CT molecular complexity index is 358. The molecule has 1 aliphatic heterocycles. The van der Waals surface area contributed by atoms with E-state index in [9.17, 15) is 0 Å². The maximum Gasteiger partial charge on any atom is 0.0191 e. The number of benzene rings is 1. The Hall–Kier alpha value is -1.24. The molecule has 1 nitrogen and oxygen atoms in total. The fraction of sp³-hybridized carbons (Fsp3) is 0.467. The summed E-state index contributed by atoms with van der Waals surface area (Å²) in [4.78, 5) is 2.37. The van der Waals surface area contributed by atoms with Gasteiger partial charge in [-0.25, -0.2) is 0 Å². The van der Waals surface area contributed by atoms with Crippen LogP contribution in [-0.4, -0.2) is 18.0 Å². The minimum absolute atomic E-state index is 0.618. The molecule has 86 valence electrons. The zero-order valence-electron chi connectivity index (χ0n) is 10.4. The molecular formula is C15H21N. The van der Waals surface area contributed by atoms with E-state index in [0.717, 1.165) is 6.42 Å². The van der Waals surface area contributed by atoms with Crippen LogP contribution in [0.4, 0.5) is 0 Å². The fourth-order valence-corrected chi connectivity index (χ4v) is 2.00. The summed E-state index contributed by atoms with van der Waals surface area (Å²) in [5.74, 6) is 0.618. The quantitative estimate of drug-likeness (QED) is 0.742. The molecule has 1 aromatic carbocycles. The third-order valence-electron chi connectivity index (χ3n) is 3.36. The number of rotatable bonds is 4. The van der Waals surface area contributed by atoms with Gasteiger partial charge in [-0.2, -0.15) is 0 Å². The maximum atomic E-state index is 4.16. The van der Waals surface area contributed by atoms with Crippen molar-refractivity contribution in [3.8, 4) is 0 Å². The van der Waals surface area contributed by atoms with Gasteiger partial charge in [0, 0.05) is 25.2 Å². The first kappa shape index (κ1) is 11.3. The van der Waals surface area contributed by atoms with Crippen molar-refractivity contribution in [1.82, 2.24) is 4.90 Å². The molecule has 0 amide bonds. The maximum absolute atomic E-state index is 4.16. The van der Waals surface area contributed by atoms with E-state index in [1.54, 1.807) is 0 Å². The van der Waals surface area contributed by atoms with Gasteiger partial charge in [0.2, 0.25) is 0 Å². The summed E-state index contributed by atoms with van der Waals surface area (Å²) in [5.41, 5.74) is 4.06. The van der Waals surface area contributed by atoms with Gasteiger partial charge < -0.3 is 4.90 Å². The van der Waals surface area contributed by atoms with Crippen LogP contribution in [0, 0.1) is 0 Å². The minimum atomic E-state index is 0.618. The van der Waals surface area contributed by atoms with E-state index in [1.807, 2.05) is 0 Å². The number of hydrogen-bond donors (Lipinski definition) is 0. The predicted molar refractivity (Wildman–Crippen MR) is 69.6 cm³/mol. The van der Waals surface area contributed by atoms with Crippen molar-refractivity contribution in [3.63, 3.8) is 0 Å². The summed E-state index contributed by atoms with van der Waals surface area (Å²) in [5, 5.41) is 0. The Kier molecular flexibility index (Phi) is 3.33. The molecule has 0 atom stereocenters. The third kappa shape index (κ3) is 2.46. The van der Waals surface area contributed by atoms with Crippen LogP contribution in [0.2, 0.25) is 0 Å². The second kappa shape index (κ2) is 4.73. The molecule has 1 aliphatic rings. The van der Waals surface area contributed by atoms with Crippen LogP contribution in [0.5, 0.6) is 0 Å². The standard InChI is InChI=1S/C15H21N/c1-12(2)15-7-5-14(6-8-15)11-13(3)16-9-4-10-16/h5-8,12H,3-4,9-11H2,1-2H3. The van der Waals surface area contributed by atoms with E-state index in [4.69, 9.17) is 0 Å². The highest BCUT2D eigenvalue weighted by Gasteiger charge is 2.15. The summed E-state index contributed by atoms with van der Waals surface area (Å²) in [6.45, 7) is 11.0. The first-order valence-corrected chi connectivity index (χ1v) is 6.18. The van der Waals surface area contributed by atoms with Crippen LogP contribution in [0.1, 0.15) is 37.3 Å². The molecule has 0 spiro atoms. The smallest absolute Gasteiger partial charge is 0.0191 e. The van der Waals surface area contributed by atoms with E-state index < -0.39 is 0 Å². The lowest BCUT2D eigenvalue weighted by Gasteiger charge is -2.34. The number of hydrogen-bond acceptors (Lipinski definition) is 1. The first-order valence-electron chi connectivity index (χ1n) is 6.18. The van der Waals surface area contributed by atoms with Crippen LogP contribution in [0.15, 0.2) is 36.5 Å². The van der Waals surface area contributed by atoms with Crippen molar-refractivity contribution in [2.24, 2.45) is 0 Å². The lowest BCUT2D eigenvalue weighted by molar-refractivity contribution is 0.235. The van der Waals surface area contributed by atoms with Gasteiger partial charge in [-0.05, 0) is 23.5 Å². The number of nitrogens with zero attached hydrogens (tertiary/aromatic N) is 1. The molecule has 0 unspecified atom stereocenters. The van der Waals surface area contributed by atoms with Gasteiger partial charge in [0.05, 0.1) is 0 Å². The molecule has 1 heterocycles. The molecule has 1 saturated heterocycles. The molecule has 0 aliphatic carbocycles. The molecule has 0 saturated carbocycles. The van der Waals surface area contributed by atoms with Crippen LogP contribution in [0.3, 0.4) is 0 Å². The van der Waals surface area contributed by atoms with E-state index in [0.29, 0.717) is 5.92 Å². The van der Waals surface area contributed by atoms with Gasteiger partial charge in [-0.1, -0.05) is 44.7 Å². The third-order valence-corrected chi connectivity index (χ3v) is 3.36. The lowest BCUT2D eigenvalue weighted by Crippen LogP contribution is -2.36. The summed E-state index contributed by atoms with van der Waals surface area (Å²) in [7, 11) is 0. The van der Waals surface area contributed by atoms with Crippen LogP contribution >= 0.6 is 0 Å². The largest absolute Gasteiger partial charge is 0.375 e. The van der Waals surface area contributed by atoms with Gasteiger partial charge in [0.1, 0.15) is 0 Å². The molecule has 0 radical (unpaired) electrons. The molecule has 1 aromatic rings. The summed E-state index contributed by atoms with van der Waals surface area (Å²) < 4.78 is 0. The molecular weight excluding hydrogens is 194 g/mol. The van der Waals surface area contributed by atoms with Crippen LogP contribution in [0.25, 0.3) is 0 Å². The molecule has 16 heavy (non-hydrogen) atoms. The predicted octanol–water partition coefficient (Wildman–Crippen LogP) is 3.57. The topological polar surface area (TPSA) is 3.24 Å². The Morgan fingerprint density at radius 3 is 2.31 bits per heavy atom. The summed E-state index contributed by atoms with van der Waals surface area (Å²) >= 11 is 0. The molecule has 1 heteroatoms. The minimum Gasteiger partial charge on any atom is -0.375 e. The number of likely N-dealkylation sites (tertiary alicyclic amines) is 1. The average Bonchev–Trinajstić information content (AvgIpc) is 2.15. The highest BCUT2D eigenvalue weighted by atomic mass is 15.2. The normalized spacial score (nSPS) is 15.1. The van der Waals surface area contributed by atoms with Crippen molar-refractivity contribution in [2.45, 2.75) is 32.6 Å². The van der Waals surface area contributed by atoms with E-state index in [-0.39, 0.29) is 0 Å². The lowest BCUT2D eigenvalue weighted by atomic mass is 10.00. The van der Waals surface area contributed by atoms with Gasteiger partial charge >= 0.3 is 0 Å². The molecule has 0 N–H and O–H groups in total. The molecule has 2 rings (SSSR count). The second-order valence-corrected chi connectivity index (χ2v) is 4.98. The SMILES string of the molecule is C=C(Cc1ccc(C(C)C)cc1)N1CCC1. The van der Waals surface area contributed by atoms with Crippen molar-refractivity contribution in [3.05, 3.63) is 47.7 Å². The van der Waals surface area contributed by atoms with E-state index in [1.165, 1.54) is 36.3 Å². The molecule has 1 fully saturated rings. The zero-order chi connectivity index (χ0) is 11.5. The monoisotopic (exact) mass is 215 g/mol. The van der Waals surface area contributed by atoms with Crippen LogP contribution < -0.4 is 0 Å². The Balaban J connectivity index is 1.96. The molecule has 0 bridgehead atoms. The summed E-state index contributed by atoms with van der Waals surface area (Å²) in [6, 6.07) is 8.95. The zero-order valence-corrected chi connectivity index (χ0v) is 10.4. The Morgan fingerprint density at radius 1 is 1.25 bits per heavy atom. The van der Waals surface area contributed by atoms with Crippen molar-refractivity contribution in [2.75, 3.05) is 13.1 Å². The summed E-state index contributed by atoms with van der Waals surface area (Å²) in [6.07, 6.45) is 2.32. The molecule has 0 aromatic heterocycles. The van der Waals surface area contributed by atoms with Crippen molar-refractivity contribution >= 4 is 0 Å². The Morgan fingerprint density at radius 2 is 1.88 bits per heavy atom. The fourth-order valence-electron chi connectivity index (χ4n) is 2.00. The average molecular weight is 215 g/mol. The second-order valence-electron chi connectivity index (χ2n) is 4.98. The van der Waals surface area contributed by atoms with E-state index in [2.05, 4.69) is 49.6 Å². The first-order chi connectivity index (χ1) is 7.66. The van der Waals surface area contributed by atoms with Crippen molar-refractivity contribution in [1.29, 1.82) is 0 Å². The van der Waals surface area contributed by atoms with Gasteiger partial charge in [0.25, 0.3) is 0 Å². The van der Waals surface area contributed by atoms with Gasteiger partial charge in [-0.15, -0.1) is 0 Å².